The number of methoxy groups -OCH3 is 1. The SMILES string of the molecule is COCCN1CCN(c2ccc(CC(C(=O)Nc3ccc4c(c3)cc(C(=O)O)n4C(=O)O)N3CCN(c4cc(Cl)ccc4-n4cnnn4)C(=O)C3=O)cc2)C(=O)C1. The zero-order valence-corrected chi connectivity index (χ0v) is 31.1. The van der Waals surface area contributed by atoms with Crippen LogP contribution in [0.3, 0.4) is 0 Å². The first kappa shape index (κ1) is 38.6. The molecule has 3 aromatic carbocycles. The maximum Gasteiger partial charge on any atom is 0.416 e. The standard InChI is InChI=1S/C37H35ClN10O9/c1-57-15-14-43-10-11-44(32(49)20-43)26-6-2-22(3-7-26)16-30(33(50)40-25-5-9-27-23(17-25)18-31(36(53)54)48(27)37(55)56)46-13-12-45(34(51)35(46)52)29-19-24(38)4-8-28(29)47-21-39-41-42-47/h2-9,17-19,21,30H,10-16,20H2,1H3,(H,40,50)(H,53,54)(H,55,56). The number of anilines is 3. The van der Waals surface area contributed by atoms with E-state index in [0.29, 0.717) is 52.8 Å². The maximum atomic E-state index is 14.2. The van der Waals surface area contributed by atoms with Gasteiger partial charge in [0.15, 0.2) is 0 Å². The van der Waals surface area contributed by atoms with Gasteiger partial charge in [-0.05, 0) is 70.6 Å². The van der Waals surface area contributed by atoms with Crippen molar-refractivity contribution in [3.63, 3.8) is 0 Å². The van der Waals surface area contributed by atoms with Crippen molar-refractivity contribution >= 4 is 75.3 Å². The first-order valence-corrected chi connectivity index (χ1v) is 18.0. The third kappa shape index (κ3) is 7.88. The summed E-state index contributed by atoms with van der Waals surface area (Å²) in [4.78, 5) is 84.9. The number of amides is 4. The summed E-state index contributed by atoms with van der Waals surface area (Å²) in [6.07, 6.45) is -0.197. The van der Waals surface area contributed by atoms with Gasteiger partial charge < -0.3 is 35.0 Å². The molecule has 1 atom stereocenters. The Bertz CT molecular complexity index is 2380. The van der Waals surface area contributed by atoms with Crippen molar-refractivity contribution in [3.05, 3.63) is 89.3 Å². The van der Waals surface area contributed by atoms with E-state index < -0.39 is 41.5 Å². The molecule has 2 fully saturated rings. The number of carboxylic acids is 1. The van der Waals surface area contributed by atoms with E-state index in [1.54, 1.807) is 48.4 Å². The second-order valence-corrected chi connectivity index (χ2v) is 13.7. The highest BCUT2D eigenvalue weighted by atomic mass is 35.5. The molecule has 3 N–H and O–H groups in total. The fraction of sp³-hybridized carbons (Fsp3) is 0.270. The lowest BCUT2D eigenvalue weighted by Crippen LogP contribution is -2.60. The fourth-order valence-electron chi connectivity index (χ4n) is 7.02. The number of nitrogens with zero attached hydrogens (tertiary/aromatic N) is 9. The number of nitrogens with one attached hydrogen (secondary N) is 1. The molecule has 5 aromatic rings. The van der Waals surface area contributed by atoms with Gasteiger partial charge in [0.1, 0.15) is 18.1 Å². The minimum atomic E-state index is -1.50. The number of carbonyl (C=O) groups excluding carboxylic acids is 4. The van der Waals surface area contributed by atoms with E-state index in [-0.39, 0.29) is 54.2 Å². The molecule has 0 spiro atoms. The number of piperazine rings is 2. The summed E-state index contributed by atoms with van der Waals surface area (Å²) in [7, 11) is 1.61. The highest BCUT2D eigenvalue weighted by molar-refractivity contribution is 6.41. The predicted molar refractivity (Wildman–Crippen MR) is 204 cm³/mol. The average molecular weight is 799 g/mol. The van der Waals surface area contributed by atoms with E-state index in [1.807, 2.05) is 4.90 Å². The monoisotopic (exact) mass is 798 g/mol. The predicted octanol–water partition coefficient (Wildman–Crippen LogP) is 2.21. The van der Waals surface area contributed by atoms with E-state index in [4.69, 9.17) is 16.3 Å². The number of tetrazole rings is 1. The van der Waals surface area contributed by atoms with Gasteiger partial charge in [-0.25, -0.2) is 14.2 Å². The Kier molecular flexibility index (Phi) is 11.0. The van der Waals surface area contributed by atoms with Crippen molar-refractivity contribution in [3.8, 4) is 5.69 Å². The summed E-state index contributed by atoms with van der Waals surface area (Å²) in [6.45, 7) is 2.45. The van der Waals surface area contributed by atoms with Crippen molar-refractivity contribution in [2.24, 2.45) is 0 Å². The number of fused-ring (bicyclic) bond motifs is 1. The number of hydrogen-bond donors (Lipinski definition) is 3. The molecular weight excluding hydrogens is 764 g/mol. The number of aromatic nitrogens is 5. The van der Waals surface area contributed by atoms with Crippen molar-refractivity contribution in [1.29, 1.82) is 0 Å². The maximum absolute atomic E-state index is 14.2. The van der Waals surface area contributed by atoms with Crippen LogP contribution >= 0.6 is 11.6 Å². The summed E-state index contributed by atoms with van der Waals surface area (Å²) in [5, 5.41) is 33.7. The van der Waals surface area contributed by atoms with Crippen LogP contribution < -0.4 is 15.1 Å². The molecule has 2 aromatic heterocycles. The topological polar surface area (TPSA) is 226 Å². The van der Waals surface area contributed by atoms with Crippen molar-refractivity contribution in [2.75, 3.05) is 68.1 Å². The normalized spacial score (nSPS) is 15.7. The van der Waals surface area contributed by atoms with Crippen LogP contribution in [0.25, 0.3) is 16.6 Å². The Morgan fingerprint density at radius 2 is 1.67 bits per heavy atom. The molecule has 294 valence electrons. The van der Waals surface area contributed by atoms with Gasteiger partial charge in [0.2, 0.25) is 11.8 Å². The van der Waals surface area contributed by atoms with Crippen LogP contribution in [0, 0.1) is 0 Å². The Labute approximate surface area is 328 Å². The lowest BCUT2D eigenvalue weighted by molar-refractivity contribution is -0.149. The Hall–Kier alpha value is -6.70. The van der Waals surface area contributed by atoms with Crippen LogP contribution in [-0.2, 0) is 30.3 Å². The van der Waals surface area contributed by atoms with Crippen LogP contribution in [0.5, 0.6) is 0 Å². The number of benzene rings is 3. The molecule has 2 aliphatic rings. The van der Waals surface area contributed by atoms with Gasteiger partial charge in [0.25, 0.3) is 0 Å². The summed E-state index contributed by atoms with van der Waals surface area (Å²) >= 11 is 6.31. The summed E-state index contributed by atoms with van der Waals surface area (Å²) in [5.74, 6) is -4.07. The molecule has 4 heterocycles. The third-order valence-corrected chi connectivity index (χ3v) is 10.1. The second-order valence-electron chi connectivity index (χ2n) is 13.3. The molecule has 0 saturated carbocycles. The van der Waals surface area contributed by atoms with E-state index in [2.05, 4.69) is 20.8 Å². The van der Waals surface area contributed by atoms with Crippen molar-refractivity contribution in [2.45, 2.75) is 12.5 Å². The lowest BCUT2D eigenvalue weighted by atomic mass is 10.0. The van der Waals surface area contributed by atoms with Crippen LogP contribution in [0.1, 0.15) is 16.1 Å². The molecule has 20 heteroatoms. The highest BCUT2D eigenvalue weighted by Crippen LogP contribution is 2.31. The van der Waals surface area contributed by atoms with Crippen LogP contribution in [0.2, 0.25) is 5.02 Å². The number of rotatable bonds is 12. The number of aromatic carboxylic acids is 1. The number of ether oxygens (including phenoxy) is 1. The van der Waals surface area contributed by atoms with Crippen LogP contribution in [0.4, 0.5) is 21.9 Å². The smallest absolute Gasteiger partial charge is 0.416 e. The highest BCUT2D eigenvalue weighted by Gasteiger charge is 2.41. The summed E-state index contributed by atoms with van der Waals surface area (Å²) in [5.41, 5.74) is 1.76. The van der Waals surface area contributed by atoms with Gasteiger partial charge in [0, 0.05) is 68.0 Å². The Balaban J connectivity index is 1.16. The zero-order valence-electron chi connectivity index (χ0n) is 30.3. The zero-order chi connectivity index (χ0) is 40.4. The molecule has 0 bridgehead atoms. The minimum absolute atomic E-state index is 0.0200. The van der Waals surface area contributed by atoms with Gasteiger partial charge in [-0.3, -0.25) is 24.1 Å². The molecule has 57 heavy (non-hydrogen) atoms. The van der Waals surface area contributed by atoms with E-state index in [0.717, 1.165) is 0 Å². The number of carboxylic acid groups (broad SMARTS) is 2. The van der Waals surface area contributed by atoms with Crippen molar-refractivity contribution in [1.82, 2.24) is 34.6 Å². The molecule has 1 unspecified atom stereocenters. The van der Waals surface area contributed by atoms with Gasteiger partial charge in [-0.15, -0.1) is 5.10 Å². The summed E-state index contributed by atoms with van der Waals surface area (Å²) in [6, 6.07) is 15.9. The average Bonchev–Trinajstić information content (AvgIpc) is 3.87. The quantitative estimate of drug-likeness (QED) is 0.154. The molecular formula is C37H35ClN10O9. The minimum Gasteiger partial charge on any atom is -0.477 e. The molecule has 19 nitrogen and oxygen atoms in total. The number of halogens is 1. The first-order chi connectivity index (χ1) is 27.4. The molecule has 0 aliphatic carbocycles. The molecule has 7 rings (SSSR count). The van der Waals surface area contributed by atoms with E-state index >= 15 is 0 Å². The second kappa shape index (κ2) is 16.2. The first-order valence-electron chi connectivity index (χ1n) is 17.6. The largest absolute Gasteiger partial charge is 0.477 e. The van der Waals surface area contributed by atoms with Gasteiger partial charge in [0.05, 0.1) is 30.0 Å². The van der Waals surface area contributed by atoms with Crippen molar-refractivity contribution < 1.29 is 43.7 Å². The number of carbonyl (C=O) groups is 6. The van der Waals surface area contributed by atoms with Crippen LogP contribution in [-0.4, -0.2) is 140 Å². The Morgan fingerprint density at radius 3 is 2.35 bits per heavy atom. The number of hydrogen-bond acceptors (Lipinski definition) is 11. The molecule has 2 aliphatic heterocycles. The molecule has 0 radical (unpaired) electrons. The van der Waals surface area contributed by atoms with Gasteiger partial charge >= 0.3 is 23.9 Å². The molecule has 4 amide bonds. The lowest BCUT2D eigenvalue weighted by Gasteiger charge is -2.38. The molecule has 2 saturated heterocycles. The fourth-order valence-corrected chi connectivity index (χ4v) is 7.19. The van der Waals surface area contributed by atoms with Crippen LogP contribution in [0.15, 0.2) is 73.1 Å². The van der Waals surface area contributed by atoms with Gasteiger partial charge in [-0.1, -0.05) is 23.7 Å². The van der Waals surface area contributed by atoms with Gasteiger partial charge in [-0.2, -0.15) is 4.68 Å². The van der Waals surface area contributed by atoms with E-state index in [1.165, 1.54) is 51.1 Å². The van der Waals surface area contributed by atoms with E-state index in [9.17, 15) is 39.0 Å². The third-order valence-electron chi connectivity index (χ3n) is 9.82. The Morgan fingerprint density at radius 1 is 0.895 bits per heavy atom. The summed E-state index contributed by atoms with van der Waals surface area (Å²) < 4.78 is 7.09.